The van der Waals surface area contributed by atoms with Crippen molar-refractivity contribution in [1.82, 2.24) is 24.8 Å². The average Bonchev–Trinajstić information content (AvgIpc) is 3.48. The van der Waals surface area contributed by atoms with Gasteiger partial charge in [0.15, 0.2) is 0 Å². The van der Waals surface area contributed by atoms with E-state index in [9.17, 15) is 0 Å². The standard InChI is InChI=1S/C22H24N6O2/c1-13-22(14(2)30-27-13)16-12-28-18(11-24-21(28)9-19(16)29-3)17-5-4-6-20(26-17)25-15-7-8-23-10-15/h4-6,9,11-12,15,23H,7-8,10H2,1-3H3,(H,25,26). The molecular weight excluding hydrogens is 380 g/mol. The molecule has 154 valence electrons. The Morgan fingerprint density at radius 2 is 2.20 bits per heavy atom. The van der Waals surface area contributed by atoms with Gasteiger partial charge in [-0.2, -0.15) is 0 Å². The van der Waals surface area contributed by atoms with Crippen LogP contribution in [0.4, 0.5) is 5.82 Å². The van der Waals surface area contributed by atoms with Gasteiger partial charge in [0, 0.05) is 30.4 Å². The van der Waals surface area contributed by atoms with Crippen LogP contribution in [0.3, 0.4) is 0 Å². The third kappa shape index (κ3) is 3.19. The fourth-order valence-electron chi connectivity index (χ4n) is 4.06. The molecule has 4 aromatic heterocycles. The smallest absolute Gasteiger partial charge is 0.141 e. The topological polar surface area (TPSA) is 89.5 Å². The van der Waals surface area contributed by atoms with Crippen molar-refractivity contribution < 1.29 is 9.26 Å². The molecule has 5 heterocycles. The monoisotopic (exact) mass is 404 g/mol. The molecule has 8 nitrogen and oxygen atoms in total. The Morgan fingerprint density at radius 3 is 2.93 bits per heavy atom. The van der Waals surface area contributed by atoms with Crippen LogP contribution in [0, 0.1) is 13.8 Å². The minimum atomic E-state index is 0.408. The molecule has 8 heteroatoms. The SMILES string of the molecule is COc1cc2ncc(-c3cccc(NC4CCNC4)n3)n2cc1-c1c(C)noc1C. The van der Waals surface area contributed by atoms with Gasteiger partial charge in [0.2, 0.25) is 0 Å². The van der Waals surface area contributed by atoms with Gasteiger partial charge in [-0.05, 0) is 38.9 Å². The lowest BCUT2D eigenvalue weighted by Crippen LogP contribution is -2.22. The molecule has 0 radical (unpaired) electrons. The fourth-order valence-corrected chi connectivity index (χ4v) is 4.06. The van der Waals surface area contributed by atoms with Crippen LogP contribution in [0.2, 0.25) is 0 Å². The summed E-state index contributed by atoms with van der Waals surface area (Å²) in [5.74, 6) is 2.35. The van der Waals surface area contributed by atoms with Crippen molar-refractivity contribution in [2.75, 3.05) is 25.5 Å². The van der Waals surface area contributed by atoms with Crippen LogP contribution in [0.1, 0.15) is 17.9 Å². The Morgan fingerprint density at radius 1 is 1.30 bits per heavy atom. The summed E-state index contributed by atoms with van der Waals surface area (Å²) >= 11 is 0. The van der Waals surface area contributed by atoms with Gasteiger partial charge in [-0.3, -0.25) is 4.40 Å². The van der Waals surface area contributed by atoms with Crippen molar-refractivity contribution in [1.29, 1.82) is 0 Å². The highest BCUT2D eigenvalue weighted by Gasteiger charge is 2.19. The molecule has 1 atom stereocenters. The maximum Gasteiger partial charge on any atom is 0.141 e. The van der Waals surface area contributed by atoms with Crippen LogP contribution in [-0.4, -0.2) is 45.8 Å². The highest BCUT2D eigenvalue weighted by Crippen LogP contribution is 2.36. The van der Waals surface area contributed by atoms with E-state index >= 15 is 0 Å². The molecule has 0 aromatic carbocycles. The first-order valence-corrected chi connectivity index (χ1v) is 10.1. The third-order valence-corrected chi connectivity index (χ3v) is 5.56. The molecule has 0 aliphatic carbocycles. The Balaban J connectivity index is 1.60. The zero-order chi connectivity index (χ0) is 20.7. The fraction of sp³-hybridized carbons (Fsp3) is 0.318. The van der Waals surface area contributed by atoms with E-state index in [0.717, 1.165) is 70.7 Å². The second-order valence-electron chi connectivity index (χ2n) is 7.57. The van der Waals surface area contributed by atoms with Crippen LogP contribution in [0.5, 0.6) is 5.75 Å². The van der Waals surface area contributed by atoms with Gasteiger partial charge in [-0.15, -0.1) is 0 Å². The van der Waals surface area contributed by atoms with Gasteiger partial charge in [-0.25, -0.2) is 9.97 Å². The average molecular weight is 404 g/mol. The van der Waals surface area contributed by atoms with Gasteiger partial charge >= 0.3 is 0 Å². The number of nitrogens with zero attached hydrogens (tertiary/aromatic N) is 4. The van der Waals surface area contributed by atoms with Crippen LogP contribution >= 0.6 is 0 Å². The summed E-state index contributed by atoms with van der Waals surface area (Å²) in [5, 5.41) is 11.0. The second kappa shape index (κ2) is 7.46. The van der Waals surface area contributed by atoms with E-state index < -0.39 is 0 Å². The highest BCUT2D eigenvalue weighted by molar-refractivity contribution is 5.76. The van der Waals surface area contributed by atoms with Crippen molar-refractivity contribution in [3.05, 3.63) is 48.1 Å². The Hall–Kier alpha value is -3.39. The summed E-state index contributed by atoms with van der Waals surface area (Å²) in [7, 11) is 1.66. The van der Waals surface area contributed by atoms with E-state index in [2.05, 4.69) is 20.8 Å². The zero-order valence-electron chi connectivity index (χ0n) is 17.3. The number of methoxy groups -OCH3 is 1. The van der Waals surface area contributed by atoms with Gasteiger partial charge < -0.3 is 19.9 Å². The quantitative estimate of drug-likeness (QED) is 0.527. The molecule has 1 saturated heterocycles. The molecule has 2 N–H and O–H groups in total. The summed E-state index contributed by atoms with van der Waals surface area (Å²) in [6, 6.07) is 8.36. The molecule has 4 aromatic rings. The van der Waals surface area contributed by atoms with Crippen molar-refractivity contribution in [2.24, 2.45) is 0 Å². The Bertz CT molecular complexity index is 1190. The highest BCUT2D eigenvalue weighted by atomic mass is 16.5. The van der Waals surface area contributed by atoms with Crippen molar-refractivity contribution >= 4 is 11.5 Å². The zero-order valence-corrected chi connectivity index (χ0v) is 17.3. The van der Waals surface area contributed by atoms with Gasteiger partial charge in [0.05, 0.1) is 36.0 Å². The molecular formula is C22H24N6O2. The number of nitrogens with one attached hydrogen (secondary N) is 2. The van der Waals surface area contributed by atoms with E-state index in [0.29, 0.717) is 6.04 Å². The number of hydrogen-bond acceptors (Lipinski definition) is 7. The molecule has 1 aliphatic rings. The largest absolute Gasteiger partial charge is 0.496 e. The summed E-state index contributed by atoms with van der Waals surface area (Å²) in [5.41, 5.74) is 5.22. The van der Waals surface area contributed by atoms with Crippen LogP contribution < -0.4 is 15.4 Å². The molecule has 1 fully saturated rings. The molecule has 30 heavy (non-hydrogen) atoms. The summed E-state index contributed by atoms with van der Waals surface area (Å²) in [6.45, 7) is 5.83. The Labute approximate surface area is 174 Å². The normalized spacial score (nSPS) is 16.3. The minimum absolute atomic E-state index is 0.408. The van der Waals surface area contributed by atoms with E-state index in [1.165, 1.54) is 0 Å². The number of rotatable bonds is 5. The number of fused-ring (bicyclic) bond motifs is 1. The molecule has 1 aliphatic heterocycles. The van der Waals surface area contributed by atoms with Gasteiger partial charge in [0.25, 0.3) is 0 Å². The summed E-state index contributed by atoms with van der Waals surface area (Å²) in [4.78, 5) is 9.41. The number of aryl methyl sites for hydroxylation is 2. The molecule has 0 bridgehead atoms. The number of aromatic nitrogens is 4. The lowest BCUT2D eigenvalue weighted by Gasteiger charge is -2.13. The lowest BCUT2D eigenvalue weighted by atomic mass is 10.1. The first kappa shape index (κ1) is 18.6. The molecule has 5 rings (SSSR count). The van der Waals surface area contributed by atoms with Crippen molar-refractivity contribution in [2.45, 2.75) is 26.3 Å². The number of ether oxygens (including phenoxy) is 1. The maximum absolute atomic E-state index is 5.64. The van der Waals surface area contributed by atoms with Crippen molar-refractivity contribution in [3.8, 4) is 28.3 Å². The predicted molar refractivity (Wildman–Crippen MR) is 115 cm³/mol. The summed E-state index contributed by atoms with van der Waals surface area (Å²) < 4.78 is 13.1. The van der Waals surface area contributed by atoms with Crippen LogP contribution in [0.25, 0.3) is 28.2 Å². The molecule has 1 unspecified atom stereocenters. The summed E-state index contributed by atoms with van der Waals surface area (Å²) in [6.07, 6.45) is 4.96. The van der Waals surface area contributed by atoms with E-state index in [1.54, 1.807) is 7.11 Å². The van der Waals surface area contributed by atoms with Gasteiger partial charge in [0.1, 0.15) is 23.0 Å². The predicted octanol–water partition coefficient (Wildman–Crippen LogP) is 3.45. The number of imidazole rings is 1. The number of pyridine rings is 2. The lowest BCUT2D eigenvalue weighted by molar-refractivity contribution is 0.393. The second-order valence-corrected chi connectivity index (χ2v) is 7.57. The first-order valence-electron chi connectivity index (χ1n) is 10.1. The Kier molecular flexibility index (Phi) is 4.63. The molecule has 0 amide bonds. The van der Waals surface area contributed by atoms with E-state index in [4.69, 9.17) is 14.2 Å². The third-order valence-electron chi connectivity index (χ3n) is 5.56. The minimum Gasteiger partial charge on any atom is -0.496 e. The van der Waals surface area contributed by atoms with E-state index in [-0.39, 0.29) is 0 Å². The first-order chi connectivity index (χ1) is 14.6. The van der Waals surface area contributed by atoms with Crippen molar-refractivity contribution in [3.63, 3.8) is 0 Å². The molecule has 0 spiro atoms. The number of hydrogen-bond donors (Lipinski definition) is 2. The molecule has 0 saturated carbocycles. The maximum atomic E-state index is 5.64. The number of anilines is 1. The van der Waals surface area contributed by atoms with Gasteiger partial charge in [-0.1, -0.05) is 11.2 Å². The van der Waals surface area contributed by atoms with E-state index in [1.807, 2.05) is 54.9 Å². The van der Waals surface area contributed by atoms with Crippen LogP contribution in [0.15, 0.2) is 41.2 Å². The van der Waals surface area contributed by atoms with Crippen LogP contribution in [-0.2, 0) is 0 Å².